The van der Waals surface area contributed by atoms with Crippen LogP contribution in [0.1, 0.15) is 13.8 Å². The summed E-state index contributed by atoms with van der Waals surface area (Å²) in [5.41, 5.74) is 1.71. The molecule has 1 aliphatic rings. The highest BCUT2D eigenvalue weighted by Crippen LogP contribution is 2.19. The quantitative estimate of drug-likeness (QED) is 0.468. The molecular weight excluding hydrogens is 314 g/mol. The van der Waals surface area contributed by atoms with Crippen LogP contribution in [-0.2, 0) is 23.8 Å². The third kappa shape index (κ3) is 2.98. The largest absolute Gasteiger partial charge is 0.461 e. The van der Waals surface area contributed by atoms with Crippen LogP contribution in [-0.4, -0.2) is 39.8 Å². The van der Waals surface area contributed by atoms with Crippen molar-refractivity contribution in [1.29, 1.82) is 0 Å². The average molecular weight is 329 g/mol. The predicted octanol–water partition coefficient (Wildman–Crippen LogP) is 1.64. The first-order valence-electron chi connectivity index (χ1n) is 7.33. The van der Waals surface area contributed by atoms with E-state index in [0.717, 1.165) is 6.26 Å². The van der Waals surface area contributed by atoms with Gasteiger partial charge in [0.05, 0.1) is 12.1 Å². The summed E-state index contributed by atoms with van der Waals surface area (Å²) < 4.78 is 16.7. The number of aromatic nitrogens is 3. The normalized spacial score (nSPS) is 17.6. The number of carbonyl (C=O) groups is 2. The first-order chi connectivity index (χ1) is 11.6. The fourth-order valence-electron chi connectivity index (χ4n) is 2.14. The fraction of sp³-hybridized carbons (Fsp3) is 0.250. The zero-order chi connectivity index (χ0) is 17.1. The molecule has 24 heavy (non-hydrogen) atoms. The van der Waals surface area contributed by atoms with E-state index in [1.165, 1.54) is 10.8 Å². The number of rotatable bonds is 5. The Morgan fingerprint density at radius 2 is 2.21 bits per heavy atom. The molecule has 3 rings (SSSR count). The van der Waals surface area contributed by atoms with Crippen LogP contribution >= 0.6 is 0 Å². The van der Waals surface area contributed by atoms with Crippen molar-refractivity contribution >= 4 is 28.7 Å². The number of hydrogen-bond donors (Lipinski definition) is 0. The van der Waals surface area contributed by atoms with E-state index in [1.54, 1.807) is 32.0 Å². The predicted molar refractivity (Wildman–Crippen MR) is 83.2 cm³/mol. The second kappa shape index (κ2) is 6.53. The first-order valence-corrected chi connectivity index (χ1v) is 7.33. The lowest BCUT2D eigenvalue weighted by molar-refractivity contribution is -0.152. The second-order valence-corrected chi connectivity index (χ2v) is 4.97. The Labute approximate surface area is 137 Å². The summed E-state index contributed by atoms with van der Waals surface area (Å²) >= 11 is 0. The van der Waals surface area contributed by atoms with Gasteiger partial charge in [0, 0.05) is 11.6 Å². The molecule has 0 radical (unpaired) electrons. The molecule has 1 unspecified atom stereocenters. The number of benzene rings is 1. The maximum Gasteiger partial charge on any atom is 0.360 e. The van der Waals surface area contributed by atoms with Crippen LogP contribution in [0.3, 0.4) is 0 Å². The Morgan fingerprint density at radius 3 is 2.92 bits per heavy atom. The van der Waals surface area contributed by atoms with E-state index in [2.05, 4.69) is 10.3 Å². The van der Waals surface area contributed by atoms with Gasteiger partial charge in [-0.1, -0.05) is 17.3 Å². The lowest BCUT2D eigenvalue weighted by Crippen LogP contribution is -2.16. The maximum absolute atomic E-state index is 12.2. The smallest absolute Gasteiger partial charge is 0.360 e. The van der Waals surface area contributed by atoms with Gasteiger partial charge in [-0.05, 0) is 26.0 Å². The molecule has 124 valence electrons. The van der Waals surface area contributed by atoms with Crippen molar-refractivity contribution in [3.63, 3.8) is 0 Å². The van der Waals surface area contributed by atoms with Crippen LogP contribution in [0.15, 0.2) is 42.2 Å². The SMILES string of the molecule is CCOC(=O)/C(=C/OC1C=C(C)C(=O)O1)n1nnc2ccccc21. The maximum atomic E-state index is 12.2. The summed E-state index contributed by atoms with van der Waals surface area (Å²) in [7, 11) is 0. The number of esters is 2. The minimum absolute atomic E-state index is 0.0274. The van der Waals surface area contributed by atoms with E-state index in [-0.39, 0.29) is 12.3 Å². The molecule has 0 aliphatic carbocycles. The van der Waals surface area contributed by atoms with Crippen molar-refractivity contribution in [2.45, 2.75) is 20.1 Å². The van der Waals surface area contributed by atoms with E-state index < -0.39 is 18.2 Å². The van der Waals surface area contributed by atoms with Crippen molar-refractivity contribution in [1.82, 2.24) is 15.0 Å². The van der Waals surface area contributed by atoms with Crippen LogP contribution in [0.4, 0.5) is 0 Å². The number of ether oxygens (including phenoxy) is 3. The van der Waals surface area contributed by atoms with Crippen molar-refractivity contribution < 1.29 is 23.8 Å². The number of hydrogen-bond acceptors (Lipinski definition) is 7. The molecule has 1 aliphatic heterocycles. The number of carbonyl (C=O) groups excluding carboxylic acids is 2. The lowest BCUT2D eigenvalue weighted by atomic mass is 10.3. The highest BCUT2D eigenvalue weighted by Gasteiger charge is 2.24. The van der Waals surface area contributed by atoms with Gasteiger partial charge in [0.1, 0.15) is 11.8 Å². The molecular formula is C16H15N3O5. The van der Waals surface area contributed by atoms with E-state index in [9.17, 15) is 9.59 Å². The molecule has 0 fully saturated rings. The average Bonchev–Trinajstić information content (AvgIpc) is 3.12. The third-order valence-corrected chi connectivity index (χ3v) is 3.31. The summed E-state index contributed by atoms with van der Waals surface area (Å²) in [5.74, 6) is -1.09. The molecule has 0 N–H and O–H groups in total. The van der Waals surface area contributed by atoms with Crippen LogP contribution in [0.5, 0.6) is 0 Å². The molecule has 8 nitrogen and oxygen atoms in total. The monoisotopic (exact) mass is 329 g/mol. The molecule has 0 bridgehead atoms. The van der Waals surface area contributed by atoms with Gasteiger partial charge < -0.3 is 14.2 Å². The summed E-state index contributed by atoms with van der Waals surface area (Å²) in [6.45, 7) is 3.51. The van der Waals surface area contributed by atoms with E-state index in [0.29, 0.717) is 16.6 Å². The standard InChI is InChI=1S/C16H15N3O5/c1-3-22-16(21)13(9-23-14-8-10(2)15(20)24-14)19-12-7-5-4-6-11(12)17-18-19/h4-9,14H,3H2,1-2H3/b13-9-. The fourth-order valence-corrected chi connectivity index (χ4v) is 2.14. The van der Waals surface area contributed by atoms with Gasteiger partial charge in [0.15, 0.2) is 5.70 Å². The molecule has 2 heterocycles. The van der Waals surface area contributed by atoms with Crippen molar-refractivity contribution in [2.75, 3.05) is 6.61 Å². The van der Waals surface area contributed by atoms with Gasteiger partial charge in [0.25, 0.3) is 6.29 Å². The van der Waals surface area contributed by atoms with Gasteiger partial charge in [0.2, 0.25) is 0 Å². The number of para-hydroxylation sites is 1. The second-order valence-electron chi connectivity index (χ2n) is 4.97. The number of cyclic esters (lactones) is 1. The van der Waals surface area contributed by atoms with Crippen molar-refractivity contribution in [2.24, 2.45) is 0 Å². The zero-order valence-corrected chi connectivity index (χ0v) is 13.1. The summed E-state index contributed by atoms with van der Waals surface area (Å²) in [5, 5.41) is 7.97. The van der Waals surface area contributed by atoms with Crippen LogP contribution in [0.25, 0.3) is 16.7 Å². The van der Waals surface area contributed by atoms with E-state index in [4.69, 9.17) is 14.2 Å². The summed E-state index contributed by atoms with van der Waals surface area (Å²) in [4.78, 5) is 23.6. The van der Waals surface area contributed by atoms with Gasteiger partial charge in [-0.25, -0.2) is 14.3 Å². The topological polar surface area (TPSA) is 92.5 Å². The van der Waals surface area contributed by atoms with Gasteiger partial charge in [-0.3, -0.25) is 0 Å². The minimum atomic E-state index is -0.892. The van der Waals surface area contributed by atoms with Crippen molar-refractivity contribution in [3.8, 4) is 0 Å². The van der Waals surface area contributed by atoms with Gasteiger partial charge in [-0.2, -0.15) is 0 Å². The van der Waals surface area contributed by atoms with Crippen molar-refractivity contribution in [3.05, 3.63) is 42.2 Å². The molecule has 1 atom stereocenters. The summed E-state index contributed by atoms with van der Waals surface area (Å²) in [6.07, 6.45) is 1.78. The van der Waals surface area contributed by atoms with Crippen LogP contribution in [0, 0.1) is 0 Å². The molecule has 2 aromatic rings. The van der Waals surface area contributed by atoms with E-state index >= 15 is 0 Å². The molecule has 8 heteroatoms. The highest BCUT2D eigenvalue weighted by molar-refractivity contribution is 6.11. The first kappa shape index (κ1) is 15.7. The molecule has 0 saturated heterocycles. The number of nitrogens with zero attached hydrogens (tertiary/aromatic N) is 3. The highest BCUT2D eigenvalue weighted by atomic mass is 16.7. The Balaban J connectivity index is 1.93. The Hall–Kier alpha value is -3.16. The van der Waals surface area contributed by atoms with Gasteiger partial charge >= 0.3 is 11.9 Å². The molecule has 1 aromatic heterocycles. The van der Waals surface area contributed by atoms with Gasteiger partial charge in [-0.15, -0.1) is 5.10 Å². The minimum Gasteiger partial charge on any atom is -0.461 e. The third-order valence-electron chi connectivity index (χ3n) is 3.31. The summed E-state index contributed by atoms with van der Waals surface area (Å²) in [6, 6.07) is 7.16. The molecule has 0 amide bonds. The van der Waals surface area contributed by atoms with Crippen LogP contribution < -0.4 is 0 Å². The molecule has 0 saturated carbocycles. The lowest BCUT2D eigenvalue weighted by Gasteiger charge is -2.11. The number of fused-ring (bicyclic) bond motifs is 1. The molecule has 0 spiro atoms. The van der Waals surface area contributed by atoms with E-state index in [1.807, 2.05) is 6.07 Å². The Morgan fingerprint density at radius 1 is 1.42 bits per heavy atom. The Kier molecular flexibility index (Phi) is 4.28. The molecule has 1 aromatic carbocycles. The van der Waals surface area contributed by atoms with Crippen LogP contribution in [0.2, 0.25) is 0 Å². The Bertz CT molecular complexity index is 852. The zero-order valence-electron chi connectivity index (χ0n) is 13.1.